The Kier molecular flexibility index (Phi) is 4.86. The van der Waals surface area contributed by atoms with Crippen LogP contribution in [0.15, 0.2) is 12.2 Å². The zero-order chi connectivity index (χ0) is 11.2. The van der Waals surface area contributed by atoms with Gasteiger partial charge in [-0.05, 0) is 0 Å². The number of aliphatic hydroxyl groups excluding tert-OH is 1. The van der Waals surface area contributed by atoms with Gasteiger partial charge >= 0.3 is 5.97 Å². The van der Waals surface area contributed by atoms with E-state index in [0.29, 0.717) is 6.54 Å². The second kappa shape index (κ2) is 5.39. The van der Waals surface area contributed by atoms with E-state index in [2.05, 4.69) is 5.32 Å². The van der Waals surface area contributed by atoms with Crippen LogP contribution in [-0.2, 0) is 9.59 Å². The van der Waals surface area contributed by atoms with E-state index in [1.54, 1.807) is 13.8 Å². The molecule has 0 heterocycles. The number of rotatable bonds is 5. The third-order valence-electron chi connectivity index (χ3n) is 1.55. The van der Waals surface area contributed by atoms with Gasteiger partial charge in [-0.25, -0.2) is 4.79 Å². The van der Waals surface area contributed by atoms with Crippen LogP contribution >= 0.6 is 0 Å². The van der Waals surface area contributed by atoms with Gasteiger partial charge in [0.05, 0.1) is 0 Å². The lowest BCUT2D eigenvalue weighted by molar-refractivity contribution is -0.131. The number of nitrogens with one attached hydrogen (secondary N) is 1. The molecule has 0 unspecified atom stereocenters. The summed E-state index contributed by atoms with van der Waals surface area (Å²) >= 11 is 0. The van der Waals surface area contributed by atoms with E-state index < -0.39 is 17.3 Å². The maximum absolute atomic E-state index is 11.0. The third kappa shape index (κ3) is 6.19. The first kappa shape index (κ1) is 12.6. The lowest BCUT2D eigenvalue weighted by Gasteiger charge is -2.21. The highest BCUT2D eigenvalue weighted by Crippen LogP contribution is 2.10. The highest BCUT2D eigenvalue weighted by molar-refractivity contribution is 5.93. The van der Waals surface area contributed by atoms with Crippen molar-refractivity contribution in [1.29, 1.82) is 0 Å². The van der Waals surface area contributed by atoms with Gasteiger partial charge in [-0.15, -0.1) is 0 Å². The Morgan fingerprint density at radius 1 is 1.36 bits per heavy atom. The fourth-order valence-electron chi connectivity index (χ4n) is 0.588. The number of carboxylic acids is 1. The average molecular weight is 201 g/mol. The Bertz CT molecular complexity index is 245. The van der Waals surface area contributed by atoms with E-state index in [-0.39, 0.29) is 6.61 Å². The minimum Gasteiger partial charge on any atom is -0.478 e. The van der Waals surface area contributed by atoms with Crippen molar-refractivity contribution >= 4 is 11.9 Å². The van der Waals surface area contributed by atoms with Gasteiger partial charge in [-0.1, -0.05) is 13.8 Å². The van der Waals surface area contributed by atoms with Crippen molar-refractivity contribution in [2.24, 2.45) is 5.41 Å². The largest absolute Gasteiger partial charge is 0.478 e. The zero-order valence-corrected chi connectivity index (χ0v) is 8.28. The van der Waals surface area contributed by atoms with Crippen molar-refractivity contribution < 1.29 is 19.8 Å². The molecule has 0 saturated heterocycles. The molecule has 0 spiro atoms. The second-order valence-electron chi connectivity index (χ2n) is 3.71. The van der Waals surface area contributed by atoms with Crippen LogP contribution in [0.25, 0.3) is 0 Å². The second-order valence-corrected chi connectivity index (χ2v) is 3.71. The topological polar surface area (TPSA) is 86.6 Å². The molecule has 5 nitrogen and oxygen atoms in total. The number of hydrogen-bond donors (Lipinski definition) is 3. The molecule has 0 saturated carbocycles. The lowest BCUT2D eigenvalue weighted by Crippen LogP contribution is -2.35. The summed E-state index contributed by atoms with van der Waals surface area (Å²) in [5, 5.41) is 19.6. The molecule has 0 fully saturated rings. The molecule has 3 N–H and O–H groups in total. The number of hydrogen-bond acceptors (Lipinski definition) is 3. The predicted octanol–water partition coefficient (Wildman–Crippen LogP) is -0.238. The quantitative estimate of drug-likeness (QED) is 0.536. The van der Waals surface area contributed by atoms with E-state index in [4.69, 9.17) is 10.2 Å². The van der Waals surface area contributed by atoms with Crippen LogP contribution < -0.4 is 5.32 Å². The molecule has 0 aromatic rings. The number of carbonyl (C=O) groups excluding carboxylic acids is 1. The van der Waals surface area contributed by atoms with Gasteiger partial charge in [0.2, 0.25) is 5.91 Å². The smallest absolute Gasteiger partial charge is 0.328 e. The Morgan fingerprint density at radius 3 is 2.36 bits per heavy atom. The third-order valence-corrected chi connectivity index (χ3v) is 1.55. The van der Waals surface area contributed by atoms with Gasteiger partial charge in [-0.2, -0.15) is 0 Å². The zero-order valence-electron chi connectivity index (χ0n) is 8.28. The van der Waals surface area contributed by atoms with Crippen molar-refractivity contribution in [3.63, 3.8) is 0 Å². The number of carboxylic acid groups (broad SMARTS) is 1. The van der Waals surface area contributed by atoms with Gasteiger partial charge < -0.3 is 15.5 Å². The fraction of sp³-hybridized carbons (Fsp3) is 0.556. The molecule has 0 radical (unpaired) electrons. The Labute approximate surface area is 82.4 Å². The van der Waals surface area contributed by atoms with Gasteiger partial charge in [-0.3, -0.25) is 4.79 Å². The first-order valence-corrected chi connectivity index (χ1v) is 4.17. The van der Waals surface area contributed by atoms with Crippen LogP contribution in [0.4, 0.5) is 0 Å². The summed E-state index contributed by atoms with van der Waals surface area (Å²) in [5.41, 5.74) is -0.396. The maximum atomic E-state index is 11.0. The summed E-state index contributed by atoms with van der Waals surface area (Å²) in [4.78, 5) is 21.0. The Morgan fingerprint density at radius 2 is 1.93 bits per heavy atom. The standard InChI is InChI=1S/C9H15NO4/c1-9(2,6-11)5-10-7(12)3-4-8(13)14/h3-4,11H,5-6H2,1-2H3,(H,10,12)(H,13,14)/b4-3+. The van der Waals surface area contributed by atoms with Crippen LogP contribution in [-0.4, -0.2) is 35.2 Å². The Hall–Kier alpha value is -1.36. The van der Waals surface area contributed by atoms with Crippen molar-refractivity contribution in [2.45, 2.75) is 13.8 Å². The predicted molar refractivity (Wildman–Crippen MR) is 50.7 cm³/mol. The molecule has 0 aliphatic rings. The van der Waals surface area contributed by atoms with Crippen LogP contribution in [0.1, 0.15) is 13.8 Å². The van der Waals surface area contributed by atoms with Crippen molar-refractivity contribution in [3.8, 4) is 0 Å². The van der Waals surface area contributed by atoms with Crippen molar-refractivity contribution in [3.05, 3.63) is 12.2 Å². The lowest BCUT2D eigenvalue weighted by atomic mass is 9.95. The fourth-order valence-corrected chi connectivity index (χ4v) is 0.588. The number of carbonyl (C=O) groups is 2. The molecule has 1 amide bonds. The van der Waals surface area contributed by atoms with Crippen molar-refractivity contribution in [1.82, 2.24) is 5.32 Å². The number of amides is 1. The molecular formula is C9H15NO4. The van der Waals surface area contributed by atoms with Crippen LogP contribution in [0.5, 0.6) is 0 Å². The molecule has 0 aliphatic heterocycles. The monoisotopic (exact) mass is 201 g/mol. The van der Waals surface area contributed by atoms with E-state index in [0.717, 1.165) is 12.2 Å². The molecule has 0 rings (SSSR count). The summed E-state index contributed by atoms with van der Waals surface area (Å²) < 4.78 is 0. The van der Waals surface area contributed by atoms with Gasteiger partial charge in [0, 0.05) is 30.7 Å². The molecule has 0 bridgehead atoms. The molecule has 5 heteroatoms. The average Bonchev–Trinajstić information content (AvgIpc) is 2.11. The van der Waals surface area contributed by atoms with Crippen LogP contribution in [0, 0.1) is 5.41 Å². The van der Waals surface area contributed by atoms with E-state index in [9.17, 15) is 9.59 Å². The summed E-state index contributed by atoms with van der Waals surface area (Å²) in [6.45, 7) is 3.82. The van der Waals surface area contributed by atoms with Gasteiger partial charge in [0.15, 0.2) is 0 Å². The molecule has 80 valence electrons. The summed E-state index contributed by atoms with van der Waals surface area (Å²) in [6.07, 6.45) is 1.71. The maximum Gasteiger partial charge on any atom is 0.328 e. The minimum atomic E-state index is -1.17. The van der Waals surface area contributed by atoms with Gasteiger partial charge in [0.25, 0.3) is 0 Å². The molecule has 0 atom stereocenters. The van der Waals surface area contributed by atoms with Crippen molar-refractivity contribution in [2.75, 3.05) is 13.2 Å². The number of aliphatic carboxylic acids is 1. The van der Waals surface area contributed by atoms with Crippen LogP contribution in [0.3, 0.4) is 0 Å². The van der Waals surface area contributed by atoms with Crippen LogP contribution in [0.2, 0.25) is 0 Å². The highest BCUT2D eigenvalue weighted by atomic mass is 16.4. The Balaban J connectivity index is 3.92. The summed E-state index contributed by atoms with van der Waals surface area (Å²) in [5.74, 6) is -1.64. The normalized spacial score (nSPS) is 11.6. The summed E-state index contributed by atoms with van der Waals surface area (Å²) in [7, 11) is 0. The molecule has 0 aromatic carbocycles. The van der Waals surface area contributed by atoms with Gasteiger partial charge in [0.1, 0.15) is 0 Å². The molecule has 0 aromatic heterocycles. The molecule has 14 heavy (non-hydrogen) atoms. The minimum absolute atomic E-state index is 0.0457. The molecular weight excluding hydrogens is 186 g/mol. The summed E-state index contributed by atoms with van der Waals surface area (Å²) in [6, 6.07) is 0. The SMILES string of the molecule is CC(C)(CO)CNC(=O)/C=C/C(=O)O. The van der Waals surface area contributed by atoms with E-state index >= 15 is 0 Å². The number of aliphatic hydroxyl groups is 1. The molecule has 0 aliphatic carbocycles. The highest BCUT2D eigenvalue weighted by Gasteiger charge is 2.16. The first-order chi connectivity index (χ1) is 6.37. The van der Waals surface area contributed by atoms with E-state index in [1.807, 2.05) is 0 Å². The van der Waals surface area contributed by atoms with E-state index in [1.165, 1.54) is 0 Å². The first-order valence-electron chi connectivity index (χ1n) is 4.17.